The molecule has 1 rings (SSSR count). The first kappa shape index (κ1) is 13.7. The van der Waals surface area contributed by atoms with Crippen LogP contribution in [0.5, 0.6) is 0 Å². The fraction of sp³-hybridized carbons (Fsp3) is 0.583. The second kappa shape index (κ2) is 5.78. The van der Waals surface area contributed by atoms with Gasteiger partial charge in [-0.15, -0.1) is 11.3 Å². The third kappa shape index (κ3) is 3.27. The van der Waals surface area contributed by atoms with Crippen molar-refractivity contribution in [2.45, 2.75) is 33.6 Å². The van der Waals surface area contributed by atoms with E-state index >= 15 is 0 Å². The van der Waals surface area contributed by atoms with Crippen molar-refractivity contribution < 1.29 is 9.53 Å². The molecule has 0 amide bonds. The summed E-state index contributed by atoms with van der Waals surface area (Å²) in [6, 6.07) is 2.05. The van der Waals surface area contributed by atoms with Crippen LogP contribution in [0.15, 0.2) is 5.51 Å². The predicted molar refractivity (Wildman–Crippen MR) is 65.5 cm³/mol. The summed E-state index contributed by atoms with van der Waals surface area (Å²) in [5.41, 5.74) is 1.68. The third-order valence-corrected chi connectivity index (χ3v) is 3.66. The van der Waals surface area contributed by atoms with E-state index < -0.39 is 11.4 Å². The molecule has 0 aliphatic heterocycles. The summed E-state index contributed by atoms with van der Waals surface area (Å²) in [5, 5.41) is 9.12. The Labute approximate surface area is 105 Å². The van der Waals surface area contributed by atoms with Gasteiger partial charge < -0.3 is 4.74 Å². The first-order valence-corrected chi connectivity index (χ1v) is 6.39. The van der Waals surface area contributed by atoms with Crippen molar-refractivity contribution in [2.75, 3.05) is 6.61 Å². The van der Waals surface area contributed by atoms with Crippen molar-refractivity contribution in [1.29, 1.82) is 5.26 Å². The molecular formula is C12H16N2O2S. The average molecular weight is 252 g/mol. The number of nitriles is 1. The van der Waals surface area contributed by atoms with Crippen molar-refractivity contribution in [1.82, 2.24) is 4.98 Å². The van der Waals surface area contributed by atoms with Crippen molar-refractivity contribution in [3.05, 3.63) is 16.1 Å². The number of rotatable bonds is 5. The van der Waals surface area contributed by atoms with Gasteiger partial charge in [-0.05, 0) is 33.6 Å². The molecule has 0 spiro atoms. The van der Waals surface area contributed by atoms with Crippen molar-refractivity contribution in [3.8, 4) is 6.07 Å². The number of aryl methyl sites for hydroxylation is 2. The number of carbonyl (C=O) groups excluding carboxylic acids is 1. The van der Waals surface area contributed by atoms with Gasteiger partial charge in [0, 0.05) is 4.88 Å². The summed E-state index contributed by atoms with van der Waals surface area (Å²) >= 11 is 1.55. The summed E-state index contributed by atoms with van der Waals surface area (Å²) in [5.74, 6) is -0.440. The Morgan fingerprint density at radius 3 is 2.88 bits per heavy atom. The molecule has 0 aliphatic carbocycles. The van der Waals surface area contributed by atoms with Crippen LogP contribution in [0.4, 0.5) is 0 Å². The Morgan fingerprint density at radius 2 is 2.41 bits per heavy atom. The van der Waals surface area contributed by atoms with Crippen LogP contribution in [-0.2, 0) is 16.0 Å². The largest absolute Gasteiger partial charge is 0.465 e. The topological polar surface area (TPSA) is 63.0 Å². The lowest BCUT2D eigenvalue weighted by Crippen LogP contribution is -2.29. The van der Waals surface area contributed by atoms with Gasteiger partial charge in [0.2, 0.25) is 0 Å². The molecule has 0 bridgehead atoms. The van der Waals surface area contributed by atoms with Gasteiger partial charge in [0.15, 0.2) is 5.41 Å². The summed E-state index contributed by atoms with van der Waals surface area (Å²) in [4.78, 5) is 16.9. The van der Waals surface area contributed by atoms with Gasteiger partial charge in [-0.25, -0.2) is 4.98 Å². The molecule has 0 N–H and O–H groups in total. The van der Waals surface area contributed by atoms with Gasteiger partial charge in [-0.3, -0.25) is 4.79 Å². The molecule has 1 atom stereocenters. The minimum Gasteiger partial charge on any atom is -0.465 e. The maximum absolute atomic E-state index is 11.7. The average Bonchev–Trinajstić information content (AvgIpc) is 2.72. The van der Waals surface area contributed by atoms with Crippen LogP contribution in [0.2, 0.25) is 0 Å². The highest BCUT2D eigenvalue weighted by Gasteiger charge is 2.34. The van der Waals surface area contributed by atoms with Crippen molar-refractivity contribution in [2.24, 2.45) is 5.41 Å². The number of hydrogen-bond donors (Lipinski definition) is 0. The summed E-state index contributed by atoms with van der Waals surface area (Å²) in [7, 11) is 0. The quantitative estimate of drug-likeness (QED) is 0.755. The van der Waals surface area contributed by atoms with E-state index in [0.717, 1.165) is 10.6 Å². The molecule has 1 aromatic rings. The van der Waals surface area contributed by atoms with Gasteiger partial charge in [-0.2, -0.15) is 5.26 Å². The molecule has 1 heterocycles. The maximum atomic E-state index is 11.7. The zero-order valence-corrected chi connectivity index (χ0v) is 11.1. The van der Waals surface area contributed by atoms with Gasteiger partial charge in [-0.1, -0.05) is 0 Å². The first-order valence-electron chi connectivity index (χ1n) is 5.51. The molecule has 92 valence electrons. The smallest absolute Gasteiger partial charge is 0.326 e. The Hall–Kier alpha value is -1.41. The van der Waals surface area contributed by atoms with E-state index in [1.54, 1.807) is 30.7 Å². The molecule has 0 fully saturated rings. The summed E-state index contributed by atoms with van der Waals surface area (Å²) in [6.07, 6.45) is 1.14. The van der Waals surface area contributed by atoms with Gasteiger partial charge in [0.1, 0.15) is 0 Å². The van der Waals surface area contributed by atoms with E-state index in [0.29, 0.717) is 19.4 Å². The Balaban J connectivity index is 2.68. The second-order valence-corrected chi connectivity index (χ2v) is 4.96. The lowest BCUT2D eigenvalue weighted by atomic mass is 9.87. The lowest BCUT2D eigenvalue weighted by molar-refractivity contribution is -0.151. The van der Waals surface area contributed by atoms with E-state index in [1.807, 2.05) is 6.92 Å². The number of aromatic nitrogens is 1. The Morgan fingerprint density at radius 1 is 1.71 bits per heavy atom. The van der Waals surface area contributed by atoms with Gasteiger partial charge >= 0.3 is 5.97 Å². The molecule has 0 aliphatic rings. The Bertz CT molecular complexity index is 436. The minimum atomic E-state index is -1.06. The standard InChI is InChI=1S/C12H16N2O2S/c1-4-16-11(15)12(3,7-13)6-5-10-9(2)14-8-17-10/h8H,4-6H2,1-3H3. The molecular weight excluding hydrogens is 236 g/mol. The van der Waals surface area contributed by atoms with Gasteiger partial charge in [0.25, 0.3) is 0 Å². The molecule has 17 heavy (non-hydrogen) atoms. The van der Waals surface area contributed by atoms with E-state index in [1.165, 1.54) is 0 Å². The van der Waals surface area contributed by atoms with Crippen LogP contribution in [0.25, 0.3) is 0 Å². The monoisotopic (exact) mass is 252 g/mol. The van der Waals surface area contributed by atoms with Crippen LogP contribution in [0.3, 0.4) is 0 Å². The van der Waals surface area contributed by atoms with Crippen LogP contribution in [0.1, 0.15) is 30.8 Å². The fourth-order valence-corrected chi connectivity index (χ4v) is 2.20. The zero-order valence-electron chi connectivity index (χ0n) is 10.3. The number of ether oxygens (including phenoxy) is 1. The van der Waals surface area contributed by atoms with Crippen LogP contribution in [0, 0.1) is 23.7 Å². The third-order valence-electron chi connectivity index (χ3n) is 2.67. The number of carbonyl (C=O) groups is 1. The molecule has 0 aromatic carbocycles. The molecule has 0 saturated heterocycles. The molecule has 4 nitrogen and oxygen atoms in total. The second-order valence-electron chi connectivity index (χ2n) is 4.03. The minimum absolute atomic E-state index is 0.301. The number of esters is 1. The van der Waals surface area contributed by atoms with E-state index in [2.05, 4.69) is 11.1 Å². The van der Waals surface area contributed by atoms with E-state index in [9.17, 15) is 4.79 Å². The van der Waals surface area contributed by atoms with E-state index in [4.69, 9.17) is 10.00 Å². The molecule has 1 unspecified atom stereocenters. The van der Waals surface area contributed by atoms with Crippen molar-refractivity contribution in [3.63, 3.8) is 0 Å². The van der Waals surface area contributed by atoms with Crippen LogP contribution < -0.4 is 0 Å². The normalized spacial score (nSPS) is 13.8. The zero-order chi connectivity index (χ0) is 12.9. The van der Waals surface area contributed by atoms with Gasteiger partial charge in [0.05, 0.1) is 23.9 Å². The van der Waals surface area contributed by atoms with Crippen LogP contribution >= 0.6 is 11.3 Å². The molecule has 0 saturated carbocycles. The van der Waals surface area contributed by atoms with Crippen molar-refractivity contribution >= 4 is 17.3 Å². The predicted octanol–water partition coefficient (Wildman–Crippen LogP) is 2.48. The SMILES string of the molecule is CCOC(=O)C(C)(C#N)CCc1scnc1C. The first-order chi connectivity index (χ1) is 8.03. The van der Waals surface area contributed by atoms with E-state index in [-0.39, 0.29) is 0 Å². The molecule has 5 heteroatoms. The number of nitrogens with zero attached hydrogens (tertiary/aromatic N) is 2. The molecule has 1 aromatic heterocycles. The highest BCUT2D eigenvalue weighted by atomic mass is 32.1. The highest BCUT2D eigenvalue weighted by molar-refractivity contribution is 7.09. The summed E-state index contributed by atoms with van der Waals surface area (Å²) in [6.45, 7) is 5.60. The molecule has 0 radical (unpaired) electrons. The maximum Gasteiger partial charge on any atom is 0.326 e. The van der Waals surface area contributed by atoms with Crippen LogP contribution in [-0.4, -0.2) is 17.6 Å². The fourth-order valence-electron chi connectivity index (χ4n) is 1.42. The number of thiazole rings is 1. The highest BCUT2D eigenvalue weighted by Crippen LogP contribution is 2.26. The summed E-state index contributed by atoms with van der Waals surface area (Å²) < 4.78 is 4.92. The number of hydrogen-bond acceptors (Lipinski definition) is 5. The lowest BCUT2D eigenvalue weighted by Gasteiger charge is -2.18. The Kier molecular flexibility index (Phi) is 4.64.